The van der Waals surface area contributed by atoms with Gasteiger partial charge in [0.1, 0.15) is 6.04 Å². The highest BCUT2D eigenvalue weighted by Crippen LogP contribution is 2.33. The Morgan fingerprint density at radius 1 is 1.07 bits per heavy atom. The number of carbonyl (C=O) groups excluding carboxylic acids is 1. The second kappa shape index (κ2) is 8.32. The summed E-state index contributed by atoms with van der Waals surface area (Å²) in [6.45, 7) is 2.65. The number of sulfonamides is 1. The Labute approximate surface area is 171 Å². The van der Waals surface area contributed by atoms with Gasteiger partial charge in [-0.2, -0.15) is 0 Å². The van der Waals surface area contributed by atoms with Crippen molar-refractivity contribution in [3.05, 3.63) is 53.6 Å². The van der Waals surface area contributed by atoms with Crippen LogP contribution < -0.4 is 13.8 Å². The zero-order valence-electron chi connectivity index (χ0n) is 17.1. The first-order valence-electron chi connectivity index (χ1n) is 9.33. The van der Waals surface area contributed by atoms with Crippen LogP contribution >= 0.6 is 0 Å². The third kappa shape index (κ3) is 4.32. The van der Waals surface area contributed by atoms with Crippen molar-refractivity contribution >= 4 is 21.6 Å². The van der Waals surface area contributed by atoms with Crippen LogP contribution in [0, 0.1) is 0 Å². The van der Waals surface area contributed by atoms with E-state index in [0.29, 0.717) is 30.3 Å². The number of methoxy groups -OCH3 is 2. The van der Waals surface area contributed by atoms with Gasteiger partial charge in [-0.05, 0) is 36.6 Å². The van der Waals surface area contributed by atoms with Gasteiger partial charge in [-0.25, -0.2) is 8.42 Å². The SMILES string of the molecule is COc1ccc(N([C@H](C)C(=O)N2CCc3ccccc3C2)S(C)(=O)=O)cc1OC. The molecule has 2 aromatic carbocycles. The molecule has 0 radical (unpaired) electrons. The Kier molecular flexibility index (Phi) is 6.02. The summed E-state index contributed by atoms with van der Waals surface area (Å²) in [6.07, 6.45) is 1.85. The fourth-order valence-electron chi connectivity index (χ4n) is 3.71. The van der Waals surface area contributed by atoms with E-state index in [-0.39, 0.29) is 5.91 Å². The molecular weight excluding hydrogens is 392 g/mol. The molecule has 0 aliphatic carbocycles. The molecule has 7 nitrogen and oxygen atoms in total. The summed E-state index contributed by atoms with van der Waals surface area (Å²) >= 11 is 0. The van der Waals surface area contributed by atoms with E-state index in [2.05, 4.69) is 6.07 Å². The number of nitrogens with zero attached hydrogens (tertiary/aromatic N) is 2. The summed E-state index contributed by atoms with van der Waals surface area (Å²) in [4.78, 5) is 14.9. The van der Waals surface area contributed by atoms with Crippen LogP contribution in [-0.4, -0.2) is 52.3 Å². The number of carbonyl (C=O) groups is 1. The molecule has 1 heterocycles. The van der Waals surface area contributed by atoms with Crippen LogP contribution in [0.5, 0.6) is 11.5 Å². The van der Waals surface area contributed by atoms with Gasteiger partial charge in [0.05, 0.1) is 26.2 Å². The summed E-state index contributed by atoms with van der Waals surface area (Å²) in [5, 5.41) is 0. The van der Waals surface area contributed by atoms with Crippen molar-refractivity contribution in [2.75, 3.05) is 31.3 Å². The van der Waals surface area contributed by atoms with Gasteiger partial charge < -0.3 is 14.4 Å². The summed E-state index contributed by atoms with van der Waals surface area (Å²) in [6, 6.07) is 11.9. The molecule has 0 unspecified atom stereocenters. The molecule has 1 amide bonds. The number of fused-ring (bicyclic) bond motifs is 1. The standard InChI is InChI=1S/C21H26N2O5S/c1-15(21(24)22-12-11-16-7-5-6-8-17(16)14-22)23(29(4,25)26)18-9-10-19(27-2)20(13-18)28-3/h5-10,13,15H,11-12,14H2,1-4H3/t15-/m1/s1. The largest absolute Gasteiger partial charge is 0.493 e. The average molecular weight is 419 g/mol. The number of ether oxygens (including phenoxy) is 2. The number of hydrogen-bond acceptors (Lipinski definition) is 5. The molecular formula is C21H26N2O5S. The molecule has 156 valence electrons. The Bertz CT molecular complexity index is 1010. The van der Waals surface area contributed by atoms with Gasteiger partial charge >= 0.3 is 0 Å². The van der Waals surface area contributed by atoms with E-state index in [0.717, 1.165) is 22.5 Å². The lowest BCUT2D eigenvalue weighted by molar-refractivity contribution is -0.132. The summed E-state index contributed by atoms with van der Waals surface area (Å²) in [5.74, 6) is 0.640. The van der Waals surface area contributed by atoms with E-state index in [9.17, 15) is 13.2 Å². The van der Waals surface area contributed by atoms with E-state index < -0.39 is 16.1 Å². The Morgan fingerprint density at radius 3 is 2.34 bits per heavy atom. The molecule has 0 saturated carbocycles. The minimum absolute atomic E-state index is 0.236. The molecule has 1 atom stereocenters. The Morgan fingerprint density at radius 2 is 1.72 bits per heavy atom. The number of rotatable bonds is 6. The Hall–Kier alpha value is -2.74. The normalized spacial score (nSPS) is 14.7. The van der Waals surface area contributed by atoms with Crippen LogP contribution in [-0.2, 0) is 27.8 Å². The average Bonchev–Trinajstić information content (AvgIpc) is 2.71. The van der Waals surface area contributed by atoms with Crippen LogP contribution in [0.4, 0.5) is 5.69 Å². The second-order valence-corrected chi connectivity index (χ2v) is 8.91. The van der Waals surface area contributed by atoms with Gasteiger partial charge in [-0.1, -0.05) is 24.3 Å². The maximum absolute atomic E-state index is 13.2. The van der Waals surface area contributed by atoms with Crippen molar-refractivity contribution in [1.82, 2.24) is 4.90 Å². The molecule has 0 fully saturated rings. The van der Waals surface area contributed by atoms with Crippen LogP contribution in [0.1, 0.15) is 18.1 Å². The van der Waals surface area contributed by atoms with Gasteiger partial charge in [0, 0.05) is 19.2 Å². The van der Waals surface area contributed by atoms with Crippen LogP contribution in [0.25, 0.3) is 0 Å². The number of benzene rings is 2. The van der Waals surface area contributed by atoms with Gasteiger partial charge in [0.2, 0.25) is 15.9 Å². The monoisotopic (exact) mass is 418 g/mol. The van der Waals surface area contributed by atoms with E-state index in [4.69, 9.17) is 9.47 Å². The third-order valence-electron chi connectivity index (χ3n) is 5.13. The van der Waals surface area contributed by atoms with Crippen molar-refractivity contribution in [2.24, 2.45) is 0 Å². The van der Waals surface area contributed by atoms with Crippen LogP contribution in [0.2, 0.25) is 0 Å². The Balaban J connectivity index is 1.91. The molecule has 8 heteroatoms. The maximum atomic E-state index is 13.2. The summed E-state index contributed by atoms with van der Waals surface area (Å²) in [5.41, 5.74) is 2.67. The predicted octanol–water partition coefficient (Wildman–Crippen LogP) is 2.44. The molecule has 3 rings (SSSR count). The summed E-state index contributed by atoms with van der Waals surface area (Å²) in [7, 11) is -0.732. The molecule has 0 bridgehead atoms. The molecule has 0 aromatic heterocycles. The minimum Gasteiger partial charge on any atom is -0.493 e. The maximum Gasteiger partial charge on any atom is 0.246 e. The lowest BCUT2D eigenvalue weighted by atomic mass is 9.99. The van der Waals surface area contributed by atoms with Gasteiger partial charge in [0.25, 0.3) is 0 Å². The quantitative estimate of drug-likeness (QED) is 0.720. The zero-order chi connectivity index (χ0) is 21.2. The smallest absolute Gasteiger partial charge is 0.246 e. The molecule has 1 aliphatic rings. The lowest BCUT2D eigenvalue weighted by Crippen LogP contribution is -2.50. The van der Waals surface area contributed by atoms with E-state index in [1.54, 1.807) is 30.0 Å². The molecule has 29 heavy (non-hydrogen) atoms. The second-order valence-electron chi connectivity index (χ2n) is 7.05. The van der Waals surface area contributed by atoms with E-state index >= 15 is 0 Å². The predicted molar refractivity (Wildman–Crippen MR) is 112 cm³/mol. The fraction of sp³-hybridized carbons (Fsp3) is 0.381. The highest BCUT2D eigenvalue weighted by Gasteiger charge is 2.33. The number of anilines is 1. The highest BCUT2D eigenvalue weighted by molar-refractivity contribution is 7.92. The van der Waals surface area contributed by atoms with Gasteiger partial charge in [-0.3, -0.25) is 9.10 Å². The van der Waals surface area contributed by atoms with E-state index in [1.165, 1.54) is 19.8 Å². The van der Waals surface area contributed by atoms with Crippen LogP contribution in [0.3, 0.4) is 0 Å². The topological polar surface area (TPSA) is 76.2 Å². The zero-order valence-corrected chi connectivity index (χ0v) is 17.9. The third-order valence-corrected chi connectivity index (χ3v) is 6.37. The minimum atomic E-state index is -3.72. The van der Waals surface area contributed by atoms with Gasteiger partial charge in [0.15, 0.2) is 11.5 Å². The van der Waals surface area contributed by atoms with Crippen molar-refractivity contribution in [3.63, 3.8) is 0 Å². The van der Waals surface area contributed by atoms with E-state index in [1.807, 2.05) is 18.2 Å². The van der Waals surface area contributed by atoms with Gasteiger partial charge in [-0.15, -0.1) is 0 Å². The first-order chi connectivity index (χ1) is 13.8. The number of amides is 1. The molecule has 0 N–H and O–H groups in total. The molecule has 1 aliphatic heterocycles. The van der Waals surface area contributed by atoms with Crippen molar-refractivity contribution in [1.29, 1.82) is 0 Å². The van der Waals surface area contributed by atoms with Crippen molar-refractivity contribution < 1.29 is 22.7 Å². The molecule has 2 aromatic rings. The van der Waals surface area contributed by atoms with Crippen molar-refractivity contribution in [2.45, 2.75) is 25.9 Å². The highest BCUT2D eigenvalue weighted by atomic mass is 32.2. The fourth-order valence-corrected chi connectivity index (χ4v) is 4.87. The van der Waals surface area contributed by atoms with Crippen molar-refractivity contribution in [3.8, 4) is 11.5 Å². The molecule has 0 saturated heterocycles. The lowest BCUT2D eigenvalue weighted by Gasteiger charge is -2.35. The molecule has 0 spiro atoms. The first-order valence-corrected chi connectivity index (χ1v) is 11.2. The van der Waals surface area contributed by atoms with Crippen LogP contribution in [0.15, 0.2) is 42.5 Å². The first kappa shape index (κ1) is 21.0. The number of hydrogen-bond donors (Lipinski definition) is 0. The summed E-state index contributed by atoms with van der Waals surface area (Å²) < 4.78 is 36.8.